The lowest BCUT2D eigenvalue weighted by Crippen LogP contribution is -2.65. The number of fused-ring (bicyclic) bond motifs is 5. The van der Waals surface area contributed by atoms with Crippen molar-refractivity contribution in [3.8, 4) is 0 Å². The van der Waals surface area contributed by atoms with Gasteiger partial charge in [-0.1, -0.05) is 6.92 Å². The van der Waals surface area contributed by atoms with Crippen LogP contribution in [0.3, 0.4) is 0 Å². The molecule has 0 aromatic carbocycles. The van der Waals surface area contributed by atoms with Gasteiger partial charge in [0.25, 0.3) is 0 Å². The van der Waals surface area contributed by atoms with E-state index in [1.165, 1.54) is 7.11 Å². The summed E-state index contributed by atoms with van der Waals surface area (Å²) in [6.07, 6.45) is 4.08. The van der Waals surface area contributed by atoms with Gasteiger partial charge in [-0.05, 0) is 87.5 Å². The highest BCUT2D eigenvalue weighted by molar-refractivity contribution is 5.85. The number of rotatable bonds is 5. The zero-order valence-electron chi connectivity index (χ0n) is 23.5. The average molecular weight is 563 g/mol. The van der Waals surface area contributed by atoms with Crippen LogP contribution in [0, 0.1) is 34.5 Å². The Morgan fingerprint density at radius 3 is 2.58 bits per heavy atom. The molecule has 1 saturated heterocycles. The number of aliphatic hydroxyl groups excluding tert-OH is 1. The predicted octanol–water partition coefficient (Wildman–Crippen LogP) is 1.82. The molecule has 6 rings (SSSR count). The summed E-state index contributed by atoms with van der Waals surface area (Å²) in [4.78, 5) is 37.2. The molecule has 0 radical (unpaired) electrons. The molecule has 5 fully saturated rings. The van der Waals surface area contributed by atoms with E-state index in [4.69, 9.17) is 18.9 Å². The summed E-state index contributed by atoms with van der Waals surface area (Å²) in [5.74, 6) is -1.35. The fourth-order valence-corrected chi connectivity index (χ4v) is 10.0. The molecule has 222 valence electrons. The molecule has 40 heavy (non-hydrogen) atoms. The van der Waals surface area contributed by atoms with E-state index < -0.39 is 52.6 Å². The summed E-state index contributed by atoms with van der Waals surface area (Å²) in [5, 5.41) is 34.8. The molecule has 0 bridgehead atoms. The largest absolute Gasteiger partial charge is 0.467 e. The predicted molar refractivity (Wildman–Crippen MR) is 138 cm³/mol. The van der Waals surface area contributed by atoms with Gasteiger partial charge in [-0.25, -0.2) is 9.59 Å². The molecule has 0 unspecified atom stereocenters. The molecule has 0 spiro atoms. The fourth-order valence-electron chi connectivity index (χ4n) is 10.0. The number of cyclic esters (lactones) is 1. The Morgan fingerprint density at radius 1 is 1.12 bits per heavy atom. The van der Waals surface area contributed by atoms with Crippen LogP contribution in [0.4, 0.5) is 0 Å². The van der Waals surface area contributed by atoms with Crippen LogP contribution in [0.25, 0.3) is 0 Å². The molecule has 2 aliphatic heterocycles. The molecule has 10 nitrogen and oxygen atoms in total. The maximum absolute atomic E-state index is 13.0. The maximum Gasteiger partial charge on any atom is 0.343 e. The summed E-state index contributed by atoms with van der Waals surface area (Å²) >= 11 is 0. The highest BCUT2D eigenvalue weighted by Crippen LogP contribution is 2.69. The van der Waals surface area contributed by atoms with Gasteiger partial charge in [0.15, 0.2) is 6.29 Å². The molecule has 6 aliphatic rings. The van der Waals surface area contributed by atoms with E-state index in [9.17, 15) is 29.7 Å². The first-order chi connectivity index (χ1) is 18.9. The first-order valence-electron chi connectivity index (χ1n) is 14.8. The van der Waals surface area contributed by atoms with Crippen LogP contribution in [0.5, 0.6) is 0 Å². The number of hydrogen-bond acceptors (Lipinski definition) is 10. The van der Waals surface area contributed by atoms with Crippen molar-refractivity contribution in [1.82, 2.24) is 0 Å². The van der Waals surface area contributed by atoms with Crippen molar-refractivity contribution in [2.45, 2.75) is 107 Å². The van der Waals surface area contributed by atoms with Crippen molar-refractivity contribution < 1.29 is 48.7 Å². The highest BCUT2D eigenvalue weighted by atomic mass is 16.7. The van der Waals surface area contributed by atoms with Crippen LogP contribution in [-0.4, -0.2) is 83.1 Å². The van der Waals surface area contributed by atoms with Gasteiger partial charge < -0.3 is 39.1 Å². The number of aldehydes is 1. The van der Waals surface area contributed by atoms with Gasteiger partial charge in [0.2, 0.25) is 5.60 Å². The smallest absolute Gasteiger partial charge is 0.343 e. The fraction of sp³-hybridized carbons (Fsp3) is 0.833. The Balaban J connectivity index is 1.23. The third-order valence-electron chi connectivity index (χ3n) is 12.0. The standard InChI is InChI=1S/C30H42O10/c1-16-12-29(35,25(34)37-3)26(39-16)40-23-11-18-4-5-21-20(28(18,15-31)13-22(23)32)6-8-27(2)19(7-9-30(21,27)36)17-10-24(33)38-14-17/h10,15-16,18-23,26,32,35-36H,4-9,11-14H2,1-3H3/t16-,18+,19-,20+,21-,22-,23-,26+,27-,28-,29-,30+/m1/s1. The zero-order chi connectivity index (χ0) is 28.7. The van der Waals surface area contributed by atoms with Gasteiger partial charge >= 0.3 is 11.9 Å². The highest BCUT2D eigenvalue weighted by Gasteiger charge is 2.69. The number of carbonyl (C=O) groups is 3. The molecule has 12 atom stereocenters. The van der Waals surface area contributed by atoms with Crippen molar-refractivity contribution in [1.29, 1.82) is 0 Å². The molecule has 3 N–H and O–H groups in total. The number of esters is 2. The minimum atomic E-state index is -1.97. The number of carbonyl (C=O) groups excluding carboxylic acids is 3. The molecule has 4 aliphatic carbocycles. The van der Waals surface area contributed by atoms with E-state index in [0.717, 1.165) is 37.5 Å². The van der Waals surface area contributed by atoms with Gasteiger partial charge in [0.05, 0.1) is 31.0 Å². The van der Waals surface area contributed by atoms with Crippen molar-refractivity contribution >= 4 is 18.2 Å². The lowest BCUT2D eigenvalue weighted by atomic mass is 9.43. The van der Waals surface area contributed by atoms with E-state index in [-0.39, 0.29) is 49.1 Å². The Labute approximate surface area is 234 Å². The first kappa shape index (κ1) is 28.3. The van der Waals surface area contributed by atoms with E-state index in [1.54, 1.807) is 13.0 Å². The maximum atomic E-state index is 13.0. The molecular weight excluding hydrogens is 520 g/mol. The Kier molecular flexibility index (Phi) is 6.78. The van der Waals surface area contributed by atoms with Crippen LogP contribution >= 0.6 is 0 Å². The third kappa shape index (κ3) is 3.82. The quantitative estimate of drug-likeness (QED) is 0.335. The van der Waals surface area contributed by atoms with Crippen LogP contribution in [-0.2, 0) is 33.3 Å². The average Bonchev–Trinajstić information content (AvgIpc) is 3.56. The van der Waals surface area contributed by atoms with E-state index in [1.807, 2.05) is 0 Å². The van der Waals surface area contributed by atoms with Gasteiger partial charge in [0.1, 0.15) is 12.9 Å². The van der Waals surface area contributed by atoms with Crippen LogP contribution in [0.2, 0.25) is 0 Å². The monoisotopic (exact) mass is 562 g/mol. The van der Waals surface area contributed by atoms with E-state index in [0.29, 0.717) is 19.3 Å². The summed E-state index contributed by atoms with van der Waals surface area (Å²) in [6.45, 7) is 4.15. The molecule has 4 saturated carbocycles. The number of aliphatic hydroxyl groups is 3. The van der Waals surface area contributed by atoms with Gasteiger partial charge in [-0.3, -0.25) is 0 Å². The lowest BCUT2D eigenvalue weighted by Gasteiger charge is -2.63. The van der Waals surface area contributed by atoms with E-state index in [2.05, 4.69) is 6.92 Å². The second-order valence-corrected chi connectivity index (χ2v) is 13.6. The van der Waals surface area contributed by atoms with Crippen LogP contribution in [0.1, 0.15) is 71.6 Å². The Morgan fingerprint density at radius 2 is 1.90 bits per heavy atom. The van der Waals surface area contributed by atoms with Crippen molar-refractivity contribution in [3.05, 3.63) is 11.6 Å². The SMILES string of the molecule is COC(=O)[C@]1(O)C[C@@H](C)O[C@H]1O[C@@H]1C[C@@H]2CC[C@@H]3[C@H](CC[C@]4(C)[C@@H](C5=CC(=O)OC5)CC[C@]34O)[C@@]2(C=O)C[C@H]1O. The molecule has 2 heterocycles. The minimum absolute atomic E-state index is 0.0220. The summed E-state index contributed by atoms with van der Waals surface area (Å²) in [7, 11) is 1.19. The van der Waals surface area contributed by atoms with Crippen molar-refractivity contribution in [3.63, 3.8) is 0 Å². The van der Waals surface area contributed by atoms with Crippen LogP contribution in [0.15, 0.2) is 11.6 Å². The third-order valence-corrected chi connectivity index (χ3v) is 12.0. The molecule has 10 heteroatoms. The first-order valence-corrected chi connectivity index (χ1v) is 14.8. The second-order valence-electron chi connectivity index (χ2n) is 13.6. The van der Waals surface area contributed by atoms with Crippen LogP contribution < -0.4 is 0 Å². The Bertz CT molecular complexity index is 1110. The summed E-state index contributed by atoms with van der Waals surface area (Å²) in [6, 6.07) is 0. The number of methoxy groups -OCH3 is 1. The van der Waals surface area contributed by atoms with Crippen molar-refractivity contribution in [2.24, 2.45) is 34.5 Å². The normalized spacial score (nSPS) is 51.8. The zero-order valence-corrected chi connectivity index (χ0v) is 23.5. The second kappa shape index (κ2) is 9.59. The summed E-state index contributed by atoms with van der Waals surface area (Å²) < 4.78 is 21.8. The topological polar surface area (TPSA) is 149 Å². The number of hydrogen-bond donors (Lipinski definition) is 3. The Hall–Kier alpha value is -1.85. The lowest BCUT2D eigenvalue weighted by molar-refractivity contribution is -0.262. The van der Waals surface area contributed by atoms with Crippen molar-refractivity contribution in [2.75, 3.05) is 13.7 Å². The number of ether oxygens (including phenoxy) is 4. The van der Waals surface area contributed by atoms with E-state index >= 15 is 0 Å². The summed E-state index contributed by atoms with van der Waals surface area (Å²) in [5.41, 5.74) is -3.20. The van der Waals surface area contributed by atoms with Gasteiger partial charge in [-0.2, -0.15) is 0 Å². The molecule has 0 aromatic heterocycles. The molecular formula is C30H42O10. The molecule has 0 amide bonds. The minimum Gasteiger partial charge on any atom is -0.467 e. The van der Waals surface area contributed by atoms with Gasteiger partial charge in [-0.15, -0.1) is 0 Å². The van der Waals surface area contributed by atoms with Gasteiger partial charge in [0, 0.05) is 23.3 Å². The molecule has 0 aromatic rings.